The van der Waals surface area contributed by atoms with Crippen LogP contribution in [0.2, 0.25) is 0 Å². The summed E-state index contributed by atoms with van der Waals surface area (Å²) in [6, 6.07) is 7.27. The van der Waals surface area contributed by atoms with Crippen LogP contribution in [0, 0.1) is 21.7 Å². The molecule has 19 heavy (non-hydrogen) atoms. The molecule has 0 bridgehead atoms. The van der Waals surface area contributed by atoms with Gasteiger partial charge in [0.2, 0.25) is 0 Å². The zero-order valence-electron chi connectivity index (χ0n) is 9.36. The van der Waals surface area contributed by atoms with Crippen LogP contribution >= 0.6 is 15.9 Å². The SMILES string of the molecule is O=[N+]([O-])c1cc(F)cc(Nc2ccc(F)cc2)c1Br. The van der Waals surface area contributed by atoms with Gasteiger partial charge in [0.25, 0.3) is 5.69 Å². The molecule has 0 radical (unpaired) electrons. The molecule has 0 saturated heterocycles. The fraction of sp³-hybridized carbons (Fsp3) is 0. The molecule has 0 unspecified atom stereocenters. The summed E-state index contributed by atoms with van der Waals surface area (Å²) in [6.45, 7) is 0. The highest BCUT2D eigenvalue weighted by atomic mass is 79.9. The number of halogens is 3. The van der Waals surface area contributed by atoms with Gasteiger partial charge in [0, 0.05) is 5.69 Å². The molecule has 0 aliphatic rings. The van der Waals surface area contributed by atoms with Crippen molar-refractivity contribution in [2.45, 2.75) is 0 Å². The fourth-order valence-electron chi connectivity index (χ4n) is 1.49. The summed E-state index contributed by atoms with van der Waals surface area (Å²) in [5.74, 6) is -1.14. The quantitative estimate of drug-likeness (QED) is 0.672. The summed E-state index contributed by atoms with van der Waals surface area (Å²) in [4.78, 5) is 10.1. The van der Waals surface area contributed by atoms with E-state index in [2.05, 4.69) is 21.2 Å². The van der Waals surface area contributed by atoms with Gasteiger partial charge < -0.3 is 5.32 Å². The summed E-state index contributed by atoms with van der Waals surface area (Å²) in [5.41, 5.74) is 0.296. The number of nitrogens with one attached hydrogen (secondary N) is 1. The molecule has 2 rings (SSSR count). The van der Waals surface area contributed by atoms with E-state index in [9.17, 15) is 18.9 Å². The molecule has 0 fully saturated rings. The molecule has 2 aromatic carbocycles. The monoisotopic (exact) mass is 328 g/mol. The van der Waals surface area contributed by atoms with E-state index in [4.69, 9.17) is 0 Å². The molecule has 0 saturated carbocycles. The average molecular weight is 329 g/mol. The average Bonchev–Trinajstić information content (AvgIpc) is 2.35. The fourth-order valence-corrected chi connectivity index (χ4v) is 1.96. The first-order valence-corrected chi connectivity index (χ1v) is 5.92. The minimum absolute atomic E-state index is 0.128. The second-order valence-electron chi connectivity index (χ2n) is 3.68. The van der Waals surface area contributed by atoms with Gasteiger partial charge in [-0.3, -0.25) is 10.1 Å². The molecule has 4 nitrogen and oxygen atoms in total. The zero-order chi connectivity index (χ0) is 14.0. The van der Waals surface area contributed by atoms with E-state index in [1.807, 2.05) is 0 Å². The number of hydrogen-bond acceptors (Lipinski definition) is 3. The Balaban J connectivity index is 2.39. The number of hydrogen-bond donors (Lipinski definition) is 1. The molecular formula is C12H7BrF2N2O2. The highest BCUT2D eigenvalue weighted by Crippen LogP contribution is 2.35. The molecule has 7 heteroatoms. The summed E-state index contributed by atoms with van der Waals surface area (Å²) in [6.07, 6.45) is 0. The van der Waals surface area contributed by atoms with Gasteiger partial charge in [0.1, 0.15) is 16.1 Å². The third kappa shape index (κ3) is 3.05. The number of nitro groups is 1. The number of anilines is 2. The summed E-state index contributed by atoms with van der Waals surface area (Å²) >= 11 is 3.04. The van der Waals surface area contributed by atoms with Crippen molar-refractivity contribution in [2.24, 2.45) is 0 Å². The Hall–Kier alpha value is -2.02. The van der Waals surface area contributed by atoms with Crippen LogP contribution in [0.1, 0.15) is 0 Å². The highest BCUT2D eigenvalue weighted by Gasteiger charge is 2.18. The van der Waals surface area contributed by atoms with Crippen LogP contribution in [-0.2, 0) is 0 Å². The first kappa shape index (κ1) is 13.4. The van der Waals surface area contributed by atoms with Crippen molar-refractivity contribution in [3.05, 3.63) is 62.6 Å². The molecule has 98 valence electrons. The van der Waals surface area contributed by atoms with Crippen molar-refractivity contribution in [2.75, 3.05) is 5.32 Å². The van der Waals surface area contributed by atoms with E-state index in [1.54, 1.807) is 0 Å². The third-order valence-corrected chi connectivity index (χ3v) is 3.17. The molecule has 2 aromatic rings. The third-order valence-electron chi connectivity index (χ3n) is 2.34. The van der Waals surface area contributed by atoms with Gasteiger partial charge in [-0.2, -0.15) is 0 Å². The van der Waals surface area contributed by atoms with Gasteiger partial charge in [-0.15, -0.1) is 0 Å². The van der Waals surface area contributed by atoms with E-state index in [-0.39, 0.29) is 15.8 Å². The maximum Gasteiger partial charge on any atom is 0.288 e. The van der Waals surface area contributed by atoms with E-state index in [0.717, 1.165) is 12.1 Å². The second kappa shape index (κ2) is 5.31. The Labute approximate surface area is 115 Å². The largest absolute Gasteiger partial charge is 0.354 e. The van der Waals surface area contributed by atoms with Crippen LogP contribution in [0.5, 0.6) is 0 Å². The van der Waals surface area contributed by atoms with Crippen LogP contribution < -0.4 is 5.32 Å². The normalized spacial score (nSPS) is 10.3. The number of rotatable bonds is 3. The van der Waals surface area contributed by atoms with Gasteiger partial charge in [-0.25, -0.2) is 8.78 Å². The van der Waals surface area contributed by atoms with Crippen molar-refractivity contribution in [3.8, 4) is 0 Å². The van der Waals surface area contributed by atoms with Crippen LogP contribution in [-0.4, -0.2) is 4.92 Å². The number of nitro benzene ring substituents is 1. The lowest BCUT2D eigenvalue weighted by Gasteiger charge is -2.09. The summed E-state index contributed by atoms with van der Waals surface area (Å²) in [7, 11) is 0. The molecule has 0 spiro atoms. The maximum absolute atomic E-state index is 13.3. The Kier molecular flexibility index (Phi) is 3.75. The Morgan fingerprint density at radius 3 is 2.32 bits per heavy atom. The van der Waals surface area contributed by atoms with Crippen molar-refractivity contribution in [1.29, 1.82) is 0 Å². The van der Waals surface area contributed by atoms with Crippen molar-refractivity contribution >= 4 is 33.0 Å². The van der Waals surface area contributed by atoms with Gasteiger partial charge in [-0.05, 0) is 46.3 Å². The molecule has 0 aliphatic carbocycles. The highest BCUT2D eigenvalue weighted by molar-refractivity contribution is 9.10. The smallest absolute Gasteiger partial charge is 0.288 e. The molecular weight excluding hydrogens is 322 g/mol. The van der Waals surface area contributed by atoms with E-state index in [0.29, 0.717) is 5.69 Å². The standard InChI is InChI=1S/C12H7BrF2N2O2/c13-12-10(5-8(15)6-11(12)17(18)19)16-9-3-1-7(14)2-4-9/h1-6,16H. The Morgan fingerprint density at radius 2 is 1.74 bits per heavy atom. The molecule has 0 heterocycles. The van der Waals surface area contributed by atoms with E-state index >= 15 is 0 Å². The molecule has 0 atom stereocenters. The first-order valence-electron chi connectivity index (χ1n) is 5.13. The molecule has 0 aromatic heterocycles. The predicted molar refractivity (Wildman–Crippen MR) is 70.4 cm³/mol. The van der Waals surface area contributed by atoms with Crippen LogP contribution in [0.15, 0.2) is 40.9 Å². The lowest BCUT2D eigenvalue weighted by molar-refractivity contribution is -0.385. The molecule has 0 aliphatic heterocycles. The number of benzene rings is 2. The number of nitrogens with zero attached hydrogens (tertiary/aromatic N) is 1. The van der Waals surface area contributed by atoms with Crippen molar-refractivity contribution in [1.82, 2.24) is 0 Å². The first-order chi connectivity index (χ1) is 8.97. The van der Waals surface area contributed by atoms with Gasteiger partial charge in [0.05, 0.1) is 16.7 Å². The Morgan fingerprint density at radius 1 is 1.11 bits per heavy atom. The van der Waals surface area contributed by atoms with Crippen LogP contribution in [0.3, 0.4) is 0 Å². The molecule has 0 amide bonds. The van der Waals surface area contributed by atoms with Crippen LogP contribution in [0.4, 0.5) is 25.8 Å². The minimum Gasteiger partial charge on any atom is -0.354 e. The zero-order valence-corrected chi connectivity index (χ0v) is 10.9. The summed E-state index contributed by atoms with van der Waals surface area (Å²) < 4.78 is 26.2. The van der Waals surface area contributed by atoms with Crippen LogP contribution in [0.25, 0.3) is 0 Å². The summed E-state index contributed by atoms with van der Waals surface area (Å²) in [5, 5.41) is 13.5. The van der Waals surface area contributed by atoms with Gasteiger partial charge >= 0.3 is 0 Å². The topological polar surface area (TPSA) is 55.2 Å². The van der Waals surface area contributed by atoms with Crippen molar-refractivity contribution < 1.29 is 13.7 Å². The minimum atomic E-state index is -0.737. The lowest BCUT2D eigenvalue weighted by Crippen LogP contribution is -1.97. The predicted octanol–water partition coefficient (Wildman–Crippen LogP) is 4.38. The Bertz CT molecular complexity index is 632. The van der Waals surface area contributed by atoms with Gasteiger partial charge in [-0.1, -0.05) is 0 Å². The van der Waals surface area contributed by atoms with E-state index < -0.39 is 16.6 Å². The lowest BCUT2D eigenvalue weighted by atomic mass is 10.2. The maximum atomic E-state index is 13.3. The second-order valence-corrected chi connectivity index (χ2v) is 4.47. The van der Waals surface area contributed by atoms with E-state index in [1.165, 1.54) is 24.3 Å². The molecule has 1 N–H and O–H groups in total. The van der Waals surface area contributed by atoms with Gasteiger partial charge in [0.15, 0.2) is 0 Å². The van der Waals surface area contributed by atoms with Crippen molar-refractivity contribution in [3.63, 3.8) is 0 Å².